The molecule has 3 heterocycles. The van der Waals surface area contributed by atoms with Crippen LogP contribution in [0.3, 0.4) is 0 Å². The van der Waals surface area contributed by atoms with E-state index in [4.69, 9.17) is 10.2 Å². The Balaban J connectivity index is 2.53. The predicted molar refractivity (Wildman–Crippen MR) is 60.8 cm³/mol. The van der Waals surface area contributed by atoms with Crippen molar-refractivity contribution in [1.29, 1.82) is 0 Å². The predicted octanol–water partition coefficient (Wildman–Crippen LogP) is 0.294. The summed E-state index contributed by atoms with van der Waals surface area (Å²) >= 11 is 0. The first-order chi connectivity index (χ1) is 8.18. The summed E-state index contributed by atoms with van der Waals surface area (Å²) in [6, 6.07) is 1.73. The molecule has 0 bridgehead atoms. The van der Waals surface area contributed by atoms with Crippen molar-refractivity contribution in [2.24, 2.45) is 7.05 Å². The third-order valence-electron chi connectivity index (χ3n) is 2.53. The van der Waals surface area contributed by atoms with Gasteiger partial charge in [0.1, 0.15) is 6.26 Å². The van der Waals surface area contributed by atoms with Crippen LogP contribution in [0.5, 0.6) is 0 Å². The normalized spacial score (nSPS) is 11.1. The van der Waals surface area contributed by atoms with Crippen LogP contribution in [0.2, 0.25) is 0 Å². The van der Waals surface area contributed by atoms with E-state index in [2.05, 4.69) is 9.97 Å². The fourth-order valence-corrected chi connectivity index (χ4v) is 1.79. The van der Waals surface area contributed by atoms with Crippen molar-refractivity contribution in [1.82, 2.24) is 19.1 Å². The minimum atomic E-state index is -0.433. The van der Waals surface area contributed by atoms with E-state index in [0.29, 0.717) is 11.3 Å². The fourth-order valence-electron chi connectivity index (χ4n) is 1.79. The van der Waals surface area contributed by atoms with E-state index in [-0.39, 0.29) is 11.5 Å². The minimum absolute atomic E-state index is 0.104. The molecule has 86 valence electrons. The van der Waals surface area contributed by atoms with E-state index in [1.54, 1.807) is 28.6 Å². The van der Waals surface area contributed by atoms with Crippen LogP contribution in [-0.4, -0.2) is 19.1 Å². The van der Waals surface area contributed by atoms with Crippen LogP contribution in [0.1, 0.15) is 0 Å². The maximum absolute atomic E-state index is 11.6. The standard InChI is InChI=1S/C10H9N5O2/c1-14-5-12-7-8(16)13-10(11)15(9(7)14)6-2-3-17-4-6/h2-5H,1H3,(H2,11,13,16). The Morgan fingerprint density at radius 1 is 1.47 bits per heavy atom. The van der Waals surface area contributed by atoms with E-state index in [9.17, 15) is 4.79 Å². The van der Waals surface area contributed by atoms with Crippen molar-refractivity contribution in [3.05, 3.63) is 35.3 Å². The van der Waals surface area contributed by atoms with Crippen LogP contribution < -0.4 is 11.3 Å². The summed E-state index contributed by atoms with van der Waals surface area (Å²) in [5, 5.41) is 0. The molecule has 0 aliphatic heterocycles. The lowest BCUT2D eigenvalue weighted by atomic mass is 10.4. The van der Waals surface area contributed by atoms with Gasteiger partial charge in [0.2, 0.25) is 5.95 Å². The van der Waals surface area contributed by atoms with Crippen LogP contribution in [-0.2, 0) is 7.05 Å². The minimum Gasteiger partial charge on any atom is -0.470 e. The van der Waals surface area contributed by atoms with Crippen LogP contribution in [0.25, 0.3) is 16.9 Å². The summed E-state index contributed by atoms with van der Waals surface area (Å²) in [7, 11) is 1.78. The molecule has 7 nitrogen and oxygen atoms in total. The van der Waals surface area contributed by atoms with Gasteiger partial charge in [-0.05, 0) is 0 Å². The molecule has 7 heteroatoms. The molecule has 3 rings (SSSR count). The van der Waals surface area contributed by atoms with E-state index >= 15 is 0 Å². The molecule has 2 N–H and O–H groups in total. The van der Waals surface area contributed by atoms with Gasteiger partial charge in [0.05, 0.1) is 18.3 Å². The number of aryl methyl sites for hydroxylation is 1. The van der Waals surface area contributed by atoms with E-state index in [1.807, 2.05) is 0 Å². The van der Waals surface area contributed by atoms with Crippen molar-refractivity contribution in [3.63, 3.8) is 0 Å². The van der Waals surface area contributed by atoms with Crippen LogP contribution in [0.4, 0.5) is 5.95 Å². The van der Waals surface area contributed by atoms with Crippen LogP contribution in [0.15, 0.2) is 34.1 Å². The zero-order valence-electron chi connectivity index (χ0n) is 8.99. The first-order valence-corrected chi connectivity index (χ1v) is 4.90. The van der Waals surface area contributed by atoms with Gasteiger partial charge in [0, 0.05) is 13.1 Å². The van der Waals surface area contributed by atoms with E-state index < -0.39 is 5.56 Å². The highest BCUT2D eigenvalue weighted by molar-refractivity contribution is 5.74. The highest BCUT2D eigenvalue weighted by Crippen LogP contribution is 2.18. The van der Waals surface area contributed by atoms with E-state index in [1.165, 1.54) is 12.5 Å². The Kier molecular flexibility index (Phi) is 1.82. The Hall–Kier alpha value is -2.57. The molecule has 0 saturated heterocycles. The quantitative estimate of drug-likeness (QED) is 0.650. The number of rotatable bonds is 1. The van der Waals surface area contributed by atoms with Gasteiger partial charge in [-0.3, -0.25) is 9.36 Å². The number of nitrogens with two attached hydrogens (primary N) is 1. The first-order valence-electron chi connectivity index (χ1n) is 4.90. The van der Waals surface area contributed by atoms with Crippen molar-refractivity contribution >= 4 is 17.1 Å². The number of nitrogens with zero attached hydrogens (tertiary/aromatic N) is 4. The summed E-state index contributed by atoms with van der Waals surface area (Å²) in [6.45, 7) is 0. The molecule has 0 spiro atoms. The Morgan fingerprint density at radius 3 is 3.00 bits per heavy atom. The third kappa shape index (κ3) is 1.25. The van der Waals surface area contributed by atoms with Crippen molar-refractivity contribution < 1.29 is 4.42 Å². The van der Waals surface area contributed by atoms with Crippen molar-refractivity contribution in [2.75, 3.05) is 5.73 Å². The second-order valence-corrected chi connectivity index (χ2v) is 3.62. The summed E-state index contributed by atoms with van der Waals surface area (Å²) in [5.74, 6) is 0.104. The van der Waals surface area contributed by atoms with Gasteiger partial charge in [-0.15, -0.1) is 0 Å². The van der Waals surface area contributed by atoms with Crippen molar-refractivity contribution in [2.45, 2.75) is 0 Å². The topological polar surface area (TPSA) is 91.9 Å². The fraction of sp³-hybridized carbons (Fsp3) is 0.100. The average molecular weight is 231 g/mol. The monoisotopic (exact) mass is 231 g/mol. The molecular formula is C10H9N5O2. The van der Waals surface area contributed by atoms with Gasteiger partial charge in [-0.25, -0.2) is 4.98 Å². The summed E-state index contributed by atoms with van der Waals surface area (Å²) in [5.41, 5.74) is 6.91. The molecule has 0 fully saturated rings. The molecule has 0 unspecified atom stereocenters. The maximum atomic E-state index is 11.6. The summed E-state index contributed by atoms with van der Waals surface area (Å²) < 4.78 is 8.34. The SMILES string of the molecule is Cn1cnc2c(=O)nc(N)n(-c3ccoc3)c21. The molecule has 0 saturated carbocycles. The average Bonchev–Trinajstić information content (AvgIpc) is 2.90. The molecule has 3 aromatic heterocycles. The second-order valence-electron chi connectivity index (χ2n) is 3.62. The highest BCUT2D eigenvalue weighted by Gasteiger charge is 2.14. The molecule has 0 aliphatic carbocycles. The summed E-state index contributed by atoms with van der Waals surface area (Å²) in [6.07, 6.45) is 4.59. The molecular weight excluding hydrogens is 222 g/mol. The molecule has 0 amide bonds. The second kappa shape index (κ2) is 3.21. The number of imidazole rings is 1. The lowest BCUT2D eigenvalue weighted by Crippen LogP contribution is -2.17. The molecule has 0 aliphatic rings. The number of nitrogen functional groups attached to an aromatic ring is 1. The number of fused-ring (bicyclic) bond motifs is 1. The van der Waals surface area contributed by atoms with Gasteiger partial charge in [-0.2, -0.15) is 4.98 Å². The summed E-state index contributed by atoms with van der Waals surface area (Å²) in [4.78, 5) is 19.4. The molecule has 0 atom stereocenters. The van der Waals surface area contributed by atoms with Crippen LogP contribution >= 0.6 is 0 Å². The van der Waals surface area contributed by atoms with E-state index in [0.717, 1.165) is 0 Å². The third-order valence-corrected chi connectivity index (χ3v) is 2.53. The molecule has 0 radical (unpaired) electrons. The number of aromatic nitrogens is 4. The van der Waals surface area contributed by atoms with Crippen molar-refractivity contribution in [3.8, 4) is 5.69 Å². The number of furan rings is 1. The maximum Gasteiger partial charge on any atom is 0.302 e. The zero-order valence-corrected chi connectivity index (χ0v) is 8.99. The zero-order chi connectivity index (χ0) is 12.0. The lowest BCUT2D eigenvalue weighted by molar-refractivity contribution is 0.565. The Bertz CT molecular complexity index is 738. The van der Waals surface area contributed by atoms with Gasteiger partial charge in [0.25, 0.3) is 0 Å². The lowest BCUT2D eigenvalue weighted by Gasteiger charge is -2.09. The molecule has 3 aromatic rings. The first kappa shape index (κ1) is 9.64. The van der Waals surface area contributed by atoms with Crippen LogP contribution in [0, 0.1) is 0 Å². The molecule has 17 heavy (non-hydrogen) atoms. The van der Waals surface area contributed by atoms with Gasteiger partial charge in [-0.1, -0.05) is 0 Å². The van der Waals surface area contributed by atoms with Gasteiger partial charge in [0.15, 0.2) is 11.2 Å². The Morgan fingerprint density at radius 2 is 2.29 bits per heavy atom. The number of hydrogen-bond acceptors (Lipinski definition) is 5. The smallest absolute Gasteiger partial charge is 0.302 e. The molecule has 0 aromatic carbocycles. The largest absolute Gasteiger partial charge is 0.470 e. The number of hydrogen-bond donors (Lipinski definition) is 1. The van der Waals surface area contributed by atoms with Gasteiger partial charge < -0.3 is 14.7 Å². The van der Waals surface area contributed by atoms with Gasteiger partial charge >= 0.3 is 5.56 Å². The Labute approximate surface area is 95.1 Å². The highest BCUT2D eigenvalue weighted by atomic mass is 16.3. The number of anilines is 1.